The lowest BCUT2D eigenvalue weighted by molar-refractivity contribution is 1.31. The molecule has 0 fully saturated rings. The second-order valence-corrected chi connectivity index (χ2v) is 4.45. The molecule has 0 spiro atoms. The van der Waals surface area contributed by atoms with Gasteiger partial charge in [-0.15, -0.1) is 0 Å². The van der Waals surface area contributed by atoms with Crippen molar-refractivity contribution in [1.82, 2.24) is 4.98 Å². The zero-order valence-electron chi connectivity index (χ0n) is 10.4. The first-order chi connectivity index (χ1) is 9.15. The van der Waals surface area contributed by atoms with Crippen molar-refractivity contribution in [1.29, 1.82) is 5.26 Å². The largest absolute Gasteiger partial charge is 0.397 e. The first kappa shape index (κ1) is 13.1. The number of allylic oxidation sites excluding steroid dienone is 1. The van der Waals surface area contributed by atoms with E-state index in [2.05, 4.69) is 11.1 Å². The molecule has 0 aliphatic rings. The lowest BCUT2D eigenvalue weighted by Gasteiger charge is -2.09. The number of nitrogens with two attached hydrogens (primary N) is 1. The van der Waals surface area contributed by atoms with Gasteiger partial charge in [-0.25, -0.2) is 0 Å². The quantitative estimate of drug-likeness (QED) is 0.850. The normalized spacial score (nSPS) is 11.6. The summed E-state index contributed by atoms with van der Waals surface area (Å²) in [6.07, 6.45) is 3.25. The number of pyridine rings is 1. The monoisotopic (exact) mass is 269 g/mol. The fourth-order valence-electron chi connectivity index (χ4n) is 1.79. The molecule has 0 aliphatic heterocycles. The number of aryl methyl sites for hydroxylation is 1. The van der Waals surface area contributed by atoms with E-state index >= 15 is 0 Å². The average Bonchev–Trinajstić information content (AvgIpc) is 2.44. The molecule has 0 atom stereocenters. The summed E-state index contributed by atoms with van der Waals surface area (Å²) < 4.78 is 0. The van der Waals surface area contributed by atoms with Crippen molar-refractivity contribution in [2.24, 2.45) is 5.73 Å². The third kappa shape index (κ3) is 2.59. The van der Waals surface area contributed by atoms with Crippen LogP contribution in [0.1, 0.15) is 16.7 Å². The van der Waals surface area contributed by atoms with Crippen molar-refractivity contribution < 1.29 is 0 Å². The Kier molecular flexibility index (Phi) is 3.84. The van der Waals surface area contributed by atoms with Gasteiger partial charge < -0.3 is 5.73 Å². The fourth-order valence-corrected chi connectivity index (χ4v) is 2.02. The molecule has 1 aromatic heterocycles. The highest BCUT2D eigenvalue weighted by Crippen LogP contribution is 2.29. The van der Waals surface area contributed by atoms with Crippen molar-refractivity contribution in [3.8, 4) is 6.07 Å². The number of benzene rings is 1. The van der Waals surface area contributed by atoms with Crippen molar-refractivity contribution >= 4 is 22.9 Å². The molecule has 2 aromatic rings. The SMILES string of the molecule is Cc1cccc(/C(N)=C(/C#N)c2ccncc2)c1Cl. The molecule has 19 heavy (non-hydrogen) atoms. The summed E-state index contributed by atoms with van der Waals surface area (Å²) in [4.78, 5) is 3.93. The van der Waals surface area contributed by atoms with Crippen LogP contribution in [0.3, 0.4) is 0 Å². The topological polar surface area (TPSA) is 62.7 Å². The average molecular weight is 270 g/mol. The number of hydrogen-bond donors (Lipinski definition) is 1. The van der Waals surface area contributed by atoms with E-state index in [1.54, 1.807) is 24.5 Å². The molecule has 94 valence electrons. The number of nitriles is 1. The third-order valence-electron chi connectivity index (χ3n) is 2.83. The predicted octanol–water partition coefficient (Wildman–Crippen LogP) is 3.39. The van der Waals surface area contributed by atoms with Gasteiger partial charge in [0.2, 0.25) is 0 Å². The Morgan fingerprint density at radius 1 is 1.26 bits per heavy atom. The molecule has 3 nitrogen and oxygen atoms in total. The van der Waals surface area contributed by atoms with Crippen LogP contribution in [0, 0.1) is 18.3 Å². The minimum atomic E-state index is 0.377. The van der Waals surface area contributed by atoms with Crippen LogP contribution in [0.2, 0.25) is 5.02 Å². The Bertz CT molecular complexity index is 670. The van der Waals surface area contributed by atoms with E-state index in [4.69, 9.17) is 17.3 Å². The zero-order valence-corrected chi connectivity index (χ0v) is 11.1. The molecule has 0 bridgehead atoms. The maximum absolute atomic E-state index is 9.32. The van der Waals surface area contributed by atoms with Crippen LogP contribution in [0.15, 0.2) is 42.7 Å². The van der Waals surface area contributed by atoms with Crippen molar-refractivity contribution in [2.45, 2.75) is 6.92 Å². The van der Waals surface area contributed by atoms with Gasteiger partial charge in [0.05, 0.1) is 16.3 Å². The summed E-state index contributed by atoms with van der Waals surface area (Å²) >= 11 is 6.24. The summed E-state index contributed by atoms with van der Waals surface area (Å²) in [5, 5.41) is 9.89. The standard InChI is InChI=1S/C15H12ClN3/c1-10-3-2-4-12(14(10)16)15(18)13(9-17)11-5-7-19-8-6-11/h2-8H,18H2,1H3/b15-13+. The Morgan fingerprint density at radius 3 is 2.58 bits per heavy atom. The van der Waals surface area contributed by atoms with Crippen LogP contribution >= 0.6 is 11.6 Å². The molecule has 0 aliphatic carbocycles. The van der Waals surface area contributed by atoms with Gasteiger partial charge in [0, 0.05) is 18.0 Å². The smallest absolute Gasteiger partial charge is 0.102 e. The maximum atomic E-state index is 9.32. The minimum absolute atomic E-state index is 0.377. The van der Waals surface area contributed by atoms with Crippen LogP contribution < -0.4 is 5.73 Å². The highest BCUT2D eigenvalue weighted by atomic mass is 35.5. The summed E-state index contributed by atoms with van der Waals surface area (Å²) in [6, 6.07) is 11.2. The molecule has 0 radical (unpaired) electrons. The Hall–Kier alpha value is -2.31. The van der Waals surface area contributed by atoms with Crippen molar-refractivity contribution in [2.75, 3.05) is 0 Å². The highest BCUT2D eigenvalue weighted by molar-refractivity contribution is 6.33. The number of aromatic nitrogens is 1. The van der Waals surface area contributed by atoms with Gasteiger partial charge in [-0.05, 0) is 30.2 Å². The number of hydrogen-bond acceptors (Lipinski definition) is 3. The second kappa shape index (κ2) is 5.55. The molecule has 1 aromatic carbocycles. The molecule has 1 heterocycles. The summed E-state index contributed by atoms with van der Waals surface area (Å²) in [7, 11) is 0. The van der Waals surface area contributed by atoms with Gasteiger partial charge in [-0.1, -0.05) is 29.8 Å². The molecule has 0 amide bonds. The number of halogens is 1. The van der Waals surface area contributed by atoms with Gasteiger partial charge in [-0.2, -0.15) is 5.26 Å². The van der Waals surface area contributed by atoms with Crippen LogP contribution in [-0.4, -0.2) is 4.98 Å². The molecule has 2 rings (SSSR count). The minimum Gasteiger partial charge on any atom is -0.397 e. The van der Waals surface area contributed by atoms with Crippen molar-refractivity contribution in [3.63, 3.8) is 0 Å². The van der Waals surface area contributed by atoms with E-state index in [9.17, 15) is 5.26 Å². The first-order valence-electron chi connectivity index (χ1n) is 5.71. The molecule has 0 saturated heterocycles. The third-order valence-corrected chi connectivity index (χ3v) is 3.33. The van der Waals surface area contributed by atoms with E-state index < -0.39 is 0 Å². The summed E-state index contributed by atoms with van der Waals surface area (Å²) in [6.45, 7) is 1.90. The van der Waals surface area contributed by atoms with E-state index in [0.29, 0.717) is 21.9 Å². The van der Waals surface area contributed by atoms with E-state index in [1.165, 1.54) is 0 Å². The van der Waals surface area contributed by atoms with Gasteiger partial charge in [0.25, 0.3) is 0 Å². The zero-order chi connectivity index (χ0) is 13.8. The lowest BCUT2D eigenvalue weighted by atomic mass is 10.0. The Morgan fingerprint density at radius 2 is 1.95 bits per heavy atom. The second-order valence-electron chi connectivity index (χ2n) is 4.07. The van der Waals surface area contributed by atoms with Crippen molar-refractivity contribution in [3.05, 3.63) is 64.4 Å². The maximum Gasteiger partial charge on any atom is 0.102 e. The lowest BCUT2D eigenvalue weighted by Crippen LogP contribution is -2.02. The van der Waals surface area contributed by atoms with Crippen LogP contribution in [0.25, 0.3) is 11.3 Å². The molecule has 0 unspecified atom stereocenters. The van der Waals surface area contributed by atoms with E-state index in [-0.39, 0.29) is 0 Å². The Balaban J connectivity index is 2.63. The number of rotatable bonds is 2. The number of nitrogens with zero attached hydrogens (tertiary/aromatic N) is 2. The first-order valence-corrected chi connectivity index (χ1v) is 6.08. The van der Waals surface area contributed by atoms with Gasteiger partial charge in [0.1, 0.15) is 6.07 Å². The predicted molar refractivity (Wildman–Crippen MR) is 77.0 cm³/mol. The van der Waals surface area contributed by atoms with Gasteiger partial charge in [-0.3, -0.25) is 4.98 Å². The fraction of sp³-hybridized carbons (Fsp3) is 0.0667. The van der Waals surface area contributed by atoms with Crippen LogP contribution in [0.5, 0.6) is 0 Å². The molecule has 0 saturated carbocycles. The van der Waals surface area contributed by atoms with Gasteiger partial charge in [0.15, 0.2) is 0 Å². The molecule has 4 heteroatoms. The Labute approximate surface area is 117 Å². The summed E-state index contributed by atoms with van der Waals surface area (Å²) in [5.74, 6) is 0. The van der Waals surface area contributed by atoms with Gasteiger partial charge >= 0.3 is 0 Å². The van der Waals surface area contributed by atoms with E-state index in [0.717, 1.165) is 11.1 Å². The molecular formula is C15H12ClN3. The summed E-state index contributed by atoms with van der Waals surface area (Å²) in [5.41, 5.74) is 9.21. The van der Waals surface area contributed by atoms with Crippen LogP contribution in [-0.2, 0) is 0 Å². The van der Waals surface area contributed by atoms with E-state index in [1.807, 2.05) is 25.1 Å². The molecule has 2 N–H and O–H groups in total. The molecular weight excluding hydrogens is 258 g/mol. The van der Waals surface area contributed by atoms with Crippen LogP contribution in [0.4, 0.5) is 0 Å². The highest BCUT2D eigenvalue weighted by Gasteiger charge is 2.12.